The van der Waals surface area contributed by atoms with E-state index in [1.54, 1.807) is 24.3 Å². The molecule has 1 saturated heterocycles. The number of urea groups is 1. The molecule has 0 unspecified atom stereocenters. The van der Waals surface area contributed by atoms with Crippen LogP contribution in [0.3, 0.4) is 0 Å². The number of anilines is 1. The highest BCUT2D eigenvalue weighted by atomic mass is 16.5. The summed E-state index contributed by atoms with van der Waals surface area (Å²) in [4.78, 5) is 35.4. The third-order valence-corrected chi connectivity index (χ3v) is 2.75. The summed E-state index contributed by atoms with van der Waals surface area (Å²) in [6, 6.07) is 6.33. The molecule has 0 atom stereocenters. The number of nitrogens with one attached hydrogen (secondary N) is 2. The van der Waals surface area contributed by atoms with Crippen molar-refractivity contribution in [1.29, 1.82) is 0 Å². The van der Waals surface area contributed by atoms with E-state index >= 15 is 0 Å². The summed E-state index contributed by atoms with van der Waals surface area (Å²) in [6.07, 6.45) is 0.0742. The Morgan fingerprint density at radius 3 is 2.52 bits per heavy atom. The molecule has 112 valence electrons. The minimum Gasteiger partial charge on any atom is -0.491 e. The van der Waals surface area contributed by atoms with Gasteiger partial charge in [-0.15, -0.1) is 0 Å². The average Bonchev–Trinajstić information content (AvgIpc) is 2.72. The molecule has 0 saturated carbocycles. The Balaban J connectivity index is 1.90. The van der Waals surface area contributed by atoms with Crippen LogP contribution in [0, 0.1) is 0 Å². The molecule has 0 aliphatic carbocycles. The van der Waals surface area contributed by atoms with Crippen LogP contribution in [-0.2, 0) is 9.59 Å². The second-order valence-corrected chi connectivity index (χ2v) is 4.88. The van der Waals surface area contributed by atoms with E-state index in [0.29, 0.717) is 11.4 Å². The quantitative estimate of drug-likeness (QED) is 0.791. The Morgan fingerprint density at radius 2 is 2.00 bits per heavy atom. The molecule has 1 aromatic carbocycles. The lowest BCUT2D eigenvalue weighted by Crippen LogP contribution is -2.38. The molecule has 1 aliphatic rings. The molecule has 2 rings (SSSR count). The van der Waals surface area contributed by atoms with Gasteiger partial charge >= 0.3 is 6.03 Å². The lowest BCUT2D eigenvalue weighted by Gasteiger charge is -2.13. The van der Waals surface area contributed by atoms with Gasteiger partial charge in [0, 0.05) is 5.69 Å². The molecule has 7 heteroatoms. The Labute approximate surface area is 122 Å². The molecule has 1 heterocycles. The number of nitrogens with zero attached hydrogens (tertiary/aromatic N) is 1. The van der Waals surface area contributed by atoms with E-state index in [-0.39, 0.29) is 19.2 Å². The van der Waals surface area contributed by atoms with Gasteiger partial charge in [-0.3, -0.25) is 14.5 Å². The lowest BCUT2D eigenvalue weighted by molar-refractivity contribution is -0.128. The first-order valence-corrected chi connectivity index (χ1v) is 6.60. The summed E-state index contributed by atoms with van der Waals surface area (Å²) >= 11 is 0. The lowest BCUT2D eigenvalue weighted by atomic mass is 10.3. The summed E-state index contributed by atoms with van der Waals surface area (Å²) in [6.45, 7) is 3.49. The molecule has 7 nitrogen and oxygen atoms in total. The average molecular weight is 291 g/mol. The normalized spacial score (nSPS) is 14.3. The van der Waals surface area contributed by atoms with Gasteiger partial charge in [0.15, 0.2) is 0 Å². The van der Waals surface area contributed by atoms with Gasteiger partial charge in [-0.1, -0.05) is 0 Å². The Bertz CT molecular complexity index is 538. The van der Waals surface area contributed by atoms with Crippen LogP contribution in [0.4, 0.5) is 10.5 Å². The SMILES string of the molecule is CC(C)Oc1ccc(NC(=O)CN2C(=O)CNC2=O)cc1. The van der Waals surface area contributed by atoms with E-state index in [1.807, 2.05) is 13.8 Å². The molecular weight excluding hydrogens is 274 g/mol. The Morgan fingerprint density at radius 1 is 1.33 bits per heavy atom. The molecule has 0 spiro atoms. The van der Waals surface area contributed by atoms with Crippen molar-refractivity contribution < 1.29 is 19.1 Å². The zero-order valence-electron chi connectivity index (χ0n) is 11.9. The van der Waals surface area contributed by atoms with Gasteiger partial charge in [0.2, 0.25) is 5.91 Å². The predicted octanol–water partition coefficient (Wildman–Crippen LogP) is 0.964. The monoisotopic (exact) mass is 291 g/mol. The van der Waals surface area contributed by atoms with Crippen molar-refractivity contribution in [3.63, 3.8) is 0 Å². The van der Waals surface area contributed by atoms with Crippen LogP contribution >= 0.6 is 0 Å². The second-order valence-electron chi connectivity index (χ2n) is 4.88. The van der Waals surface area contributed by atoms with Gasteiger partial charge in [-0.25, -0.2) is 4.79 Å². The van der Waals surface area contributed by atoms with Crippen LogP contribution in [0.5, 0.6) is 5.75 Å². The first kappa shape index (κ1) is 14.8. The molecule has 2 N–H and O–H groups in total. The summed E-state index contributed by atoms with van der Waals surface area (Å²) in [5.74, 6) is -0.133. The van der Waals surface area contributed by atoms with Gasteiger partial charge in [-0.05, 0) is 38.1 Å². The molecule has 0 bridgehead atoms. The molecular formula is C14H17N3O4. The number of carbonyl (C=O) groups is 3. The first-order valence-electron chi connectivity index (χ1n) is 6.60. The molecule has 1 fully saturated rings. The largest absolute Gasteiger partial charge is 0.491 e. The van der Waals surface area contributed by atoms with Crippen molar-refractivity contribution in [1.82, 2.24) is 10.2 Å². The van der Waals surface area contributed by atoms with E-state index in [1.165, 1.54) is 0 Å². The van der Waals surface area contributed by atoms with E-state index in [2.05, 4.69) is 10.6 Å². The highest BCUT2D eigenvalue weighted by Gasteiger charge is 2.30. The third-order valence-electron chi connectivity index (χ3n) is 2.75. The predicted molar refractivity (Wildman–Crippen MR) is 75.9 cm³/mol. The van der Waals surface area contributed by atoms with Crippen LogP contribution in [0.15, 0.2) is 24.3 Å². The maximum Gasteiger partial charge on any atom is 0.325 e. The van der Waals surface area contributed by atoms with Gasteiger partial charge in [-0.2, -0.15) is 0 Å². The zero-order chi connectivity index (χ0) is 15.4. The highest BCUT2D eigenvalue weighted by molar-refractivity contribution is 6.06. The molecule has 1 aliphatic heterocycles. The molecule has 1 aromatic rings. The van der Waals surface area contributed by atoms with Crippen molar-refractivity contribution in [2.75, 3.05) is 18.4 Å². The minimum atomic E-state index is -0.546. The molecule has 4 amide bonds. The minimum absolute atomic E-state index is 0.0622. The van der Waals surface area contributed by atoms with Crippen molar-refractivity contribution in [2.45, 2.75) is 20.0 Å². The first-order chi connectivity index (χ1) is 9.95. The smallest absolute Gasteiger partial charge is 0.325 e. The van der Waals surface area contributed by atoms with Crippen LogP contribution in [-0.4, -0.2) is 41.9 Å². The highest BCUT2D eigenvalue weighted by Crippen LogP contribution is 2.17. The molecule has 21 heavy (non-hydrogen) atoms. The topological polar surface area (TPSA) is 87.7 Å². The summed E-state index contributed by atoms with van der Waals surface area (Å²) in [5.41, 5.74) is 0.572. The van der Waals surface area contributed by atoms with Gasteiger partial charge in [0.1, 0.15) is 12.3 Å². The van der Waals surface area contributed by atoms with Gasteiger partial charge in [0.25, 0.3) is 5.91 Å². The number of benzene rings is 1. The number of hydrogen-bond acceptors (Lipinski definition) is 4. The fraction of sp³-hybridized carbons (Fsp3) is 0.357. The fourth-order valence-corrected chi connectivity index (χ4v) is 1.85. The summed E-state index contributed by atoms with van der Waals surface area (Å²) < 4.78 is 5.49. The summed E-state index contributed by atoms with van der Waals surface area (Å²) in [5, 5.41) is 4.98. The Kier molecular flexibility index (Phi) is 4.42. The van der Waals surface area contributed by atoms with Crippen LogP contribution in [0.2, 0.25) is 0 Å². The van der Waals surface area contributed by atoms with Crippen LogP contribution < -0.4 is 15.4 Å². The number of amides is 4. The number of hydrogen-bond donors (Lipinski definition) is 2. The van der Waals surface area contributed by atoms with Crippen molar-refractivity contribution in [3.05, 3.63) is 24.3 Å². The van der Waals surface area contributed by atoms with Crippen molar-refractivity contribution in [3.8, 4) is 5.75 Å². The standard InChI is InChI=1S/C14H17N3O4/c1-9(2)21-11-5-3-10(4-6-11)16-12(18)8-17-13(19)7-15-14(17)20/h3-6,9H,7-8H2,1-2H3,(H,15,20)(H,16,18). The Hall–Kier alpha value is -2.57. The second kappa shape index (κ2) is 6.25. The van der Waals surface area contributed by atoms with Crippen LogP contribution in [0.25, 0.3) is 0 Å². The zero-order valence-corrected chi connectivity index (χ0v) is 11.9. The third kappa shape index (κ3) is 3.95. The van der Waals surface area contributed by atoms with Gasteiger partial charge < -0.3 is 15.4 Å². The van der Waals surface area contributed by atoms with Crippen molar-refractivity contribution >= 4 is 23.5 Å². The maximum atomic E-state index is 11.8. The maximum absolute atomic E-state index is 11.8. The fourth-order valence-electron chi connectivity index (χ4n) is 1.85. The van der Waals surface area contributed by atoms with E-state index < -0.39 is 17.8 Å². The van der Waals surface area contributed by atoms with E-state index in [4.69, 9.17) is 4.74 Å². The van der Waals surface area contributed by atoms with Crippen molar-refractivity contribution in [2.24, 2.45) is 0 Å². The number of carbonyl (C=O) groups excluding carboxylic acids is 3. The van der Waals surface area contributed by atoms with Gasteiger partial charge in [0.05, 0.1) is 12.6 Å². The molecule has 0 radical (unpaired) electrons. The van der Waals surface area contributed by atoms with E-state index in [0.717, 1.165) is 4.90 Å². The molecule has 0 aromatic heterocycles. The number of rotatable bonds is 5. The summed E-state index contributed by atoms with van der Waals surface area (Å²) in [7, 11) is 0. The van der Waals surface area contributed by atoms with E-state index in [9.17, 15) is 14.4 Å². The van der Waals surface area contributed by atoms with Crippen LogP contribution in [0.1, 0.15) is 13.8 Å². The number of imide groups is 1. The number of ether oxygens (including phenoxy) is 1.